The molecule has 0 spiro atoms. The van der Waals surface area contributed by atoms with Crippen molar-refractivity contribution in [2.45, 2.75) is 78.2 Å². The van der Waals surface area contributed by atoms with E-state index in [1.807, 2.05) is 0 Å². The van der Waals surface area contributed by atoms with E-state index < -0.39 is 5.97 Å². The largest absolute Gasteiger partial charge is 0.481 e. The molecule has 1 atom stereocenters. The van der Waals surface area contributed by atoms with Gasteiger partial charge >= 0.3 is 5.97 Å². The fraction of sp³-hybridized carbons (Fsp3) is 0.944. The van der Waals surface area contributed by atoms with Crippen molar-refractivity contribution in [1.29, 1.82) is 0 Å². The number of piperidine rings is 1. The maximum absolute atomic E-state index is 10.9. The van der Waals surface area contributed by atoms with E-state index >= 15 is 0 Å². The van der Waals surface area contributed by atoms with E-state index in [2.05, 4.69) is 25.7 Å². The predicted molar refractivity (Wildman–Crippen MR) is 86.4 cm³/mol. The Kier molecular flexibility index (Phi) is 5.70. The topological polar surface area (TPSA) is 40.5 Å². The van der Waals surface area contributed by atoms with Gasteiger partial charge in [-0.1, -0.05) is 27.2 Å². The first-order valence-electron chi connectivity index (χ1n) is 8.88. The van der Waals surface area contributed by atoms with E-state index in [4.69, 9.17) is 5.11 Å². The van der Waals surface area contributed by atoms with E-state index in [0.29, 0.717) is 23.8 Å². The van der Waals surface area contributed by atoms with Crippen LogP contribution in [-0.2, 0) is 4.79 Å². The van der Waals surface area contributed by atoms with Crippen molar-refractivity contribution in [1.82, 2.24) is 4.90 Å². The summed E-state index contributed by atoms with van der Waals surface area (Å²) in [7, 11) is 0. The second-order valence-electron chi connectivity index (χ2n) is 7.95. The molecule has 3 nitrogen and oxygen atoms in total. The van der Waals surface area contributed by atoms with Gasteiger partial charge in [0.2, 0.25) is 0 Å². The second kappa shape index (κ2) is 7.13. The summed E-state index contributed by atoms with van der Waals surface area (Å²) in [5.74, 6) is 0.620. The zero-order valence-corrected chi connectivity index (χ0v) is 14.1. The standard InChI is InChI=1S/C18H33NO2/c1-4-18(2,3)15-7-9-16(10-8-15)19-11-5-6-14(13-19)12-17(20)21/h14-16H,4-13H2,1-3H3,(H,20,21). The first-order valence-corrected chi connectivity index (χ1v) is 8.88. The number of hydrogen-bond acceptors (Lipinski definition) is 2. The molecule has 21 heavy (non-hydrogen) atoms. The molecule has 0 amide bonds. The van der Waals surface area contributed by atoms with E-state index in [9.17, 15) is 4.79 Å². The minimum atomic E-state index is -0.629. The van der Waals surface area contributed by atoms with Crippen LogP contribution in [0, 0.1) is 17.3 Å². The van der Waals surface area contributed by atoms with Gasteiger partial charge in [0.25, 0.3) is 0 Å². The SMILES string of the molecule is CCC(C)(C)C1CCC(N2CCCC(CC(=O)O)C2)CC1. The number of carbonyl (C=O) groups is 1. The van der Waals surface area contributed by atoms with Crippen LogP contribution in [0.25, 0.3) is 0 Å². The highest BCUT2D eigenvalue weighted by molar-refractivity contribution is 5.67. The molecule has 0 aromatic heterocycles. The van der Waals surface area contributed by atoms with Crippen LogP contribution < -0.4 is 0 Å². The Morgan fingerprint density at radius 2 is 1.86 bits per heavy atom. The summed E-state index contributed by atoms with van der Waals surface area (Å²) in [5, 5.41) is 9.00. The molecule has 1 saturated carbocycles. The Balaban J connectivity index is 1.83. The summed E-state index contributed by atoms with van der Waals surface area (Å²) in [6.07, 6.45) is 9.24. The molecular formula is C18H33NO2. The number of carboxylic acid groups (broad SMARTS) is 1. The maximum Gasteiger partial charge on any atom is 0.303 e. The number of nitrogens with zero attached hydrogens (tertiary/aromatic N) is 1. The van der Waals surface area contributed by atoms with Gasteiger partial charge in [-0.05, 0) is 62.3 Å². The molecule has 1 aliphatic carbocycles. The normalized spacial score (nSPS) is 32.0. The molecule has 1 heterocycles. The van der Waals surface area contributed by atoms with Crippen molar-refractivity contribution in [2.75, 3.05) is 13.1 Å². The third-order valence-corrected chi connectivity index (χ3v) is 6.24. The van der Waals surface area contributed by atoms with Gasteiger partial charge in [0.15, 0.2) is 0 Å². The van der Waals surface area contributed by atoms with Crippen molar-refractivity contribution in [3.8, 4) is 0 Å². The van der Waals surface area contributed by atoms with Crippen LogP contribution in [0.3, 0.4) is 0 Å². The molecule has 0 radical (unpaired) electrons. The highest BCUT2D eigenvalue weighted by atomic mass is 16.4. The molecule has 122 valence electrons. The lowest BCUT2D eigenvalue weighted by molar-refractivity contribution is -0.138. The zero-order chi connectivity index (χ0) is 15.5. The van der Waals surface area contributed by atoms with Gasteiger partial charge in [0.05, 0.1) is 0 Å². The fourth-order valence-corrected chi connectivity index (χ4v) is 4.35. The molecule has 2 fully saturated rings. The highest BCUT2D eigenvalue weighted by Gasteiger charge is 2.35. The van der Waals surface area contributed by atoms with Crippen LogP contribution in [0.4, 0.5) is 0 Å². The lowest BCUT2D eigenvalue weighted by atomic mass is 9.68. The Morgan fingerprint density at radius 3 is 2.43 bits per heavy atom. The molecule has 1 saturated heterocycles. The van der Waals surface area contributed by atoms with E-state index in [0.717, 1.165) is 18.9 Å². The van der Waals surface area contributed by atoms with Crippen molar-refractivity contribution in [3.05, 3.63) is 0 Å². The van der Waals surface area contributed by atoms with Crippen LogP contribution in [0.15, 0.2) is 0 Å². The number of hydrogen-bond donors (Lipinski definition) is 1. The molecule has 1 unspecified atom stereocenters. The summed E-state index contributed by atoms with van der Waals surface area (Å²) in [5.41, 5.74) is 0.485. The number of likely N-dealkylation sites (tertiary alicyclic amines) is 1. The lowest BCUT2D eigenvalue weighted by Gasteiger charge is -2.44. The van der Waals surface area contributed by atoms with Crippen LogP contribution in [-0.4, -0.2) is 35.1 Å². The molecule has 0 bridgehead atoms. The monoisotopic (exact) mass is 295 g/mol. The summed E-state index contributed by atoms with van der Waals surface area (Å²) in [4.78, 5) is 13.5. The molecule has 1 aliphatic heterocycles. The van der Waals surface area contributed by atoms with Gasteiger partial charge in [-0.3, -0.25) is 4.79 Å². The van der Waals surface area contributed by atoms with Crippen LogP contribution >= 0.6 is 0 Å². The van der Waals surface area contributed by atoms with Gasteiger partial charge in [-0.25, -0.2) is 0 Å². The highest BCUT2D eigenvalue weighted by Crippen LogP contribution is 2.41. The lowest BCUT2D eigenvalue weighted by Crippen LogP contribution is -2.45. The molecular weight excluding hydrogens is 262 g/mol. The summed E-state index contributed by atoms with van der Waals surface area (Å²) >= 11 is 0. The second-order valence-corrected chi connectivity index (χ2v) is 7.95. The van der Waals surface area contributed by atoms with Crippen molar-refractivity contribution < 1.29 is 9.90 Å². The summed E-state index contributed by atoms with van der Waals surface area (Å²) in [6.45, 7) is 9.35. The van der Waals surface area contributed by atoms with Gasteiger partial charge in [0.1, 0.15) is 0 Å². The maximum atomic E-state index is 10.9. The van der Waals surface area contributed by atoms with Gasteiger partial charge in [-0.15, -0.1) is 0 Å². The average Bonchev–Trinajstić information content (AvgIpc) is 2.47. The summed E-state index contributed by atoms with van der Waals surface area (Å²) < 4.78 is 0. The van der Waals surface area contributed by atoms with E-state index in [1.165, 1.54) is 45.1 Å². The smallest absolute Gasteiger partial charge is 0.303 e. The molecule has 1 N–H and O–H groups in total. The summed E-state index contributed by atoms with van der Waals surface area (Å²) in [6, 6.07) is 0.713. The minimum Gasteiger partial charge on any atom is -0.481 e. The third-order valence-electron chi connectivity index (χ3n) is 6.24. The number of aliphatic carboxylic acids is 1. The van der Waals surface area contributed by atoms with Gasteiger partial charge in [0, 0.05) is 19.0 Å². The Bertz CT molecular complexity index is 345. The number of rotatable bonds is 5. The first-order chi connectivity index (χ1) is 9.92. The quantitative estimate of drug-likeness (QED) is 0.827. The Hall–Kier alpha value is -0.570. The molecule has 3 heteroatoms. The van der Waals surface area contributed by atoms with Crippen LogP contribution in [0.2, 0.25) is 0 Å². The Morgan fingerprint density at radius 1 is 1.19 bits per heavy atom. The Labute approximate surface area is 130 Å². The third kappa shape index (κ3) is 4.45. The molecule has 2 aliphatic rings. The number of carboxylic acids is 1. The van der Waals surface area contributed by atoms with Gasteiger partial charge < -0.3 is 10.0 Å². The zero-order valence-electron chi connectivity index (χ0n) is 14.1. The molecule has 0 aromatic rings. The van der Waals surface area contributed by atoms with E-state index in [-0.39, 0.29) is 0 Å². The van der Waals surface area contributed by atoms with E-state index in [1.54, 1.807) is 0 Å². The van der Waals surface area contributed by atoms with Crippen molar-refractivity contribution >= 4 is 5.97 Å². The van der Waals surface area contributed by atoms with Crippen LogP contribution in [0.5, 0.6) is 0 Å². The minimum absolute atomic E-state index is 0.356. The first kappa shape index (κ1) is 16.8. The molecule has 2 rings (SSSR count). The molecule has 0 aromatic carbocycles. The average molecular weight is 295 g/mol. The van der Waals surface area contributed by atoms with Crippen molar-refractivity contribution in [3.63, 3.8) is 0 Å². The van der Waals surface area contributed by atoms with Crippen molar-refractivity contribution in [2.24, 2.45) is 17.3 Å². The predicted octanol–water partition coefficient (Wildman–Crippen LogP) is 4.17. The van der Waals surface area contributed by atoms with Crippen LogP contribution in [0.1, 0.15) is 72.1 Å². The fourth-order valence-electron chi connectivity index (χ4n) is 4.35. The van der Waals surface area contributed by atoms with Gasteiger partial charge in [-0.2, -0.15) is 0 Å².